The van der Waals surface area contributed by atoms with E-state index in [4.69, 9.17) is 9.47 Å². The van der Waals surface area contributed by atoms with Gasteiger partial charge in [-0.3, -0.25) is 9.59 Å². The zero-order valence-electron chi connectivity index (χ0n) is 16.4. The quantitative estimate of drug-likeness (QED) is 0.587. The van der Waals surface area contributed by atoms with E-state index < -0.39 is 17.8 Å². The van der Waals surface area contributed by atoms with Crippen LogP contribution in [0.5, 0.6) is 11.5 Å². The number of imide groups is 1. The molecule has 154 valence electrons. The van der Waals surface area contributed by atoms with Gasteiger partial charge in [0, 0.05) is 5.69 Å². The molecule has 1 fully saturated rings. The molecule has 0 spiro atoms. The van der Waals surface area contributed by atoms with Crippen molar-refractivity contribution in [2.45, 2.75) is 13.3 Å². The Hall–Kier alpha value is -3.81. The molecule has 8 nitrogen and oxygen atoms in total. The van der Waals surface area contributed by atoms with Gasteiger partial charge in [0.2, 0.25) is 5.91 Å². The molecule has 2 heterocycles. The number of carbonyl (C=O) groups excluding carboxylic acids is 3. The minimum atomic E-state index is -0.636. The van der Waals surface area contributed by atoms with E-state index in [1.807, 2.05) is 25.1 Å². The van der Waals surface area contributed by atoms with E-state index >= 15 is 0 Å². The molecule has 2 aliphatic rings. The lowest BCUT2D eigenvalue weighted by Gasteiger charge is -2.18. The van der Waals surface area contributed by atoms with Gasteiger partial charge >= 0.3 is 6.03 Å². The van der Waals surface area contributed by atoms with Gasteiger partial charge in [-0.1, -0.05) is 31.2 Å². The maximum absolute atomic E-state index is 12.7. The minimum Gasteiger partial charge on any atom is -0.486 e. The number of para-hydroxylation sites is 1. The number of amides is 4. The molecule has 0 aliphatic carbocycles. The van der Waals surface area contributed by atoms with E-state index in [1.165, 1.54) is 0 Å². The van der Waals surface area contributed by atoms with Crippen molar-refractivity contribution in [3.05, 3.63) is 59.3 Å². The van der Waals surface area contributed by atoms with Gasteiger partial charge in [0.05, 0.1) is 0 Å². The summed E-state index contributed by atoms with van der Waals surface area (Å²) in [6.45, 7) is 2.55. The summed E-state index contributed by atoms with van der Waals surface area (Å²) in [5.41, 5.74) is 2.41. The van der Waals surface area contributed by atoms with Crippen molar-refractivity contribution in [3.8, 4) is 11.5 Å². The lowest BCUT2D eigenvalue weighted by atomic mass is 10.1. The van der Waals surface area contributed by atoms with Crippen molar-refractivity contribution in [2.24, 2.45) is 0 Å². The van der Waals surface area contributed by atoms with E-state index in [0.29, 0.717) is 36.0 Å². The molecule has 0 saturated carbocycles. The average Bonchev–Trinajstić information content (AvgIpc) is 3.01. The largest absolute Gasteiger partial charge is 0.486 e. The SMILES string of the molecule is CCc1ccccc1NC(=O)CN1C(=O)N/C(=C/c2ccc3c(c2)OCCO3)C1=O. The second kappa shape index (κ2) is 8.28. The van der Waals surface area contributed by atoms with Gasteiger partial charge in [-0.15, -0.1) is 0 Å². The van der Waals surface area contributed by atoms with Gasteiger partial charge in [-0.25, -0.2) is 9.69 Å². The van der Waals surface area contributed by atoms with Crippen LogP contribution in [0.25, 0.3) is 6.08 Å². The average molecular weight is 407 g/mol. The first kappa shape index (κ1) is 19.5. The lowest BCUT2D eigenvalue weighted by molar-refractivity contribution is -0.127. The highest BCUT2D eigenvalue weighted by molar-refractivity contribution is 6.16. The third-order valence-electron chi connectivity index (χ3n) is 4.81. The van der Waals surface area contributed by atoms with Crippen molar-refractivity contribution in [2.75, 3.05) is 25.1 Å². The summed E-state index contributed by atoms with van der Waals surface area (Å²) in [7, 11) is 0. The zero-order chi connectivity index (χ0) is 21.1. The Kier molecular flexibility index (Phi) is 5.38. The molecule has 2 N–H and O–H groups in total. The minimum absolute atomic E-state index is 0.0958. The number of fused-ring (bicyclic) bond motifs is 1. The van der Waals surface area contributed by atoms with Crippen LogP contribution in [0.4, 0.5) is 10.5 Å². The van der Waals surface area contributed by atoms with Crippen LogP contribution in [0.2, 0.25) is 0 Å². The van der Waals surface area contributed by atoms with E-state index in [1.54, 1.807) is 30.3 Å². The Labute approximate surface area is 173 Å². The fraction of sp³-hybridized carbons (Fsp3) is 0.227. The number of aryl methyl sites for hydroxylation is 1. The Balaban J connectivity index is 1.46. The number of anilines is 1. The molecule has 4 rings (SSSR count). The Morgan fingerprint density at radius 1 is 1.13 bits per heavy atom. The maximum atomic E-state index is 12.7. The second-order valence-corrected chi connectivity index (χ2v) is 6.84. The maximum Gasteiger partial charge on any atom is 0.329 e. The summed E-state index contributed by atoms with van der Waals surface area (Å²) in [5, 5.41) is 5.29. The molecule has 2 aromatic rings. The summed E-state index contributed by atoms with van der Waals surface area (Å²) < 4.78 is 11.0. The standard InChI is InChI=1S/C22H21N3O5/c1-2-15-5-3-4-6-16(15)23-20(26)13-25-21(27)17(24-22(25)28)11-14-7-8-18-19(12-14)30-10-9-29-18/h3-8,11-12H,2,9-10,13H2,1H3,(H,23,26)(H,24,28)/b17-11+. The summed E-state index contributed by atoms with van der Waals surface area (Å²) in [6, 6.07) is 12.0. The van der Waals surface area contributed by atoms with Gasteiger partial charge in [-0.05, 0) is 41.8 Å². The molecule has 8 heteroatoms. The van der Waals surface area contributed by atoms with E-state index in [0.717, 1.165) is 16.9 Å². The molecule has 0 radical (unpaired) electrons. The molecule has 2 aliphatic heterocycles. The highest BCUT2D eigenvalue weighted by atomic mass is 16.6. The number of hydrogen-bond donors (Lipinski definition) is 2. The van der Waals surface area contributed by atoms with Gasteiger partial charge in [0.1, 0.15) is 25.5 Å². The van der Waals surface area contributed by atoms with Crippen LogP contribution in [0.1, 0.15) is 18.1 Å². The molecule has 4 amide bonds. The van der Waals surface area contributed by atoms with Gasteiger partial charge in [0.25, 0.3) is 5.91 Å². The van der Waals surface area contributed by atoms with Gasteiger partial charge < -0.3 is 20.1 Å². The predicted molar refractivity (Wildman–Crippen MR) is 110 cm³/mol. The van der Waals surface area contributed by atoms with Crippen molar-refractivity contribution < 1.29 is 23.9 Å². The molecule has 0 unspecified atom stereocenters. The monoisotopic (exact) mass is 407 g/mol. The van der Waals surface area contributed by atoms with Crippen LogP contribution in [0, 0.1) is 0 Å². The molecular weight excluding hydrogens is 386 g/mol. The number of nitrogens with zero attached hydrogens (tertiary/aromatic N) is 1. The normalized spacial score (nSPS) is 16.6. The first-order chi connectivity index (χ1) is 14.5. The van der Waals surface area contributed by atoms with Gasteiger partial charge in [-0.2, -0.15) is 0 Å². The summed E-state index contributed by atoms with van der Waals surface area (Å²) in [6.07, 6.45) is 2.30. The summed E-state index contributed by atoms with van der Waals surface area (Å²) in [4.78, 5) is 38.2. The van der Waals surface area contributed by atoms with Crippen molar-refractivity contribution in [1.82, 2.24) is 10.2 Å². The van der Waals surface area contributed by atoms with Crippen molar-refractivity contribution in [1.29, 1.82) is 0 Å². The number of hydrogen-bond acceptors (Lipinski definition) is 5. The number of carbonyl (C=O) groups is 3. The number of urea groups is 1. The van der Waals surface area contributed by atoms with Crippen LogP contribution in [0.15, 0.2) is 48.2 Å². The summed E-state index contributed by atoms with van der Waals surface area (Å²) in [5.74, 6) is 0.211. The number of nitrogens with one attached hydrogen (secondary N) is 2. The second-order valence-electron chi connectivity index (χ2n) is 6.84. The highest BCUT2D eigenvalue weighted by Gasteiger charge is 2.35. The van der Waals surface area contributed by atoms with Crippen molar-refractivity contribution in [3.63, 3.8) is 0 Å². The molecule has 2 aromatic carbocycles. The Morgan fingerprint density at radius 3 is 2.70 bits per heavy atom. The van der Waals surface area contributed by atoms with Crippen LogP contribution in [-0.4, -0.2) is 42.5 Å². The number of ether oxygens (including phenoxy) is 2. The number of benzene rings is 2. The lowest BCUT2D eigenvalue weighted by Crippen LogP contribution is -2.38. The van der Waals surface area contributed by atoms with Crippen LogP contribution >= 0.6 is 0 Å². The number of rotatable bonds is 5. The Bertz CT molecular complexity index is 1050. The zero-order valence-corrected chi connectivity index (χ0v) is 16.4. The van der Waals surface area contributed by atoms with Crippen LogP contribution in [-0.2, 0) is 16.0 Å². The molecule has 30 heavy (non-hydrogen) atoms. The molecule has 0 atom stereocenters. The fourth-order valence-corrected chi connectivity index (χ4v) is 3.32. The third kappa shape index (κ3) is 3.98. The smallest absolute Gasteiger partial charge is 0.329 e. The Morgan fingerprint density at radius 2 is 1.90 bits per heavy atom. The van der Waals surface area contributed by atoms with E-state index in [9.17, 15) is 14.4 Å². The van der Waals surface area contributed by atoms with E-state index in [2.05, 4.69) is 10.6 Å². The summed E-state index contributed by atoms with van der Waals surface area (Å²) >= 11 is 0. The topological polar surface area (TPSA) is 97.0 Å². The predicted octanol–water partition coefficient (Wildman–Crippen LogP) is 2.55. The van der Waals surface area contributed by atoms with Crippen LogP contribution < -0.4 is 20.1 Å². The highest BCUT2D eigenvalue weighted by Crippen LogP contribution is 2.31. The molecule has 0 aromatic heterocycles. The molecular formula is C22H21N3O5. The molecule has 1 saturated heterocycles. The first-order valence-electron chi connectivity index (χ1n) is 9.67. The van der Waals surface area contributed by atoms with Crippen LogP contribution in [0.3, 0.4) is 0 Å². The van der Waals surface area contributed by atoms with E-state index in [-0.39, 0.29) is 12.2 Å². The third-order valence-corrected chi connectivity index (χ3v) is 4.81. The fourth-order valence-electron chi connectivity index (χ4n) is 3.32. The first-order valence-corrected chi connectivity index (χ1v) is 9.67. The van der Waals surface area contributed by atoms with Crippen molar-refractivity contribution >= 4 is 29.6 Å². The van der Waals surface area contributed by atoms with Gasteiger partial charge in [0.15, 0.2) is 11.5 Å². The molecule has 0 bridgehead atoms.